The van der Waals surface area contributed by atoms with E-state index < -0.39 is 21.7 Å². The Bertz CT molecular complexity index is 491. The predicted octanol–water partition coefficient (Wildman–Crippen LogP) is 0.980. The Labute approximate surface area is 98.9 Å². The van der Waals surface area contributed by atoms with E-state index in [4.69, 9.17) is 5.73 Å². The zero-order valence-electron chi connectivity index (χ0n) is 9.28. The van der Waals surface area contributed by atoms with Crippen LogP contribution in [0.3, 0.4) is 0 Å². The van der Waals surface area contributed by atoms with Crippen LogP contribution in [0, 0.1) is 11.6 Å². The minimum absolute atomic E-state index is 0.305. The lowest BCUT2D eigenvalue weighted by Crippen LogP contribution is -2.34. The molecular weight excluding hydrogens is 250 g/mol. The Morgan fingerprint density at radius 3 is 2.53 bits per heavy atom. The van der Waals surface area contributed by atoms with Crippen molar-refractivity contribution in [2.45, 2.75) is 24.3 Å². The van der Waals surface area contributed by atoms with Crippen LogP contribution in [0.25, 0.3) is 0 Å². The molecule has 1 unspecified atom stereocenters. The maximum Gasteiger partial charge on any atom is 0.240 e. The van der Waals surface area contributed by atoms with Gasteiger partial charge in [-0.3, -0.25) is 0 Å². The van der Waals surface area contributed by atoms with E-state index >= 15 is 0 Å². The molecule has 0 aliphatic heterocycles. The van der Waals surface area contributed by atoms with Crippen LogP contribution in [0.2, 0.25) is 0 Å². The molecule has 96 valence electrons. The molecule has 3 N–H and O–H groups in total. The lowest BCUT2D eigenvalue weighted by atomic mass is 10.3. The first-order valence-electron chi connectivity index (χ1n) is 5.04. The van der Waals surface area contributed by atoms with Gasteiger partial charge in [0, 0.05) is 6.04 Å². The van der Waals surface area contributed by atoms with Crippen molar-refractivity contribution in [1.29, 1.82) is 0 Å². The summed E-state index contributed by atoms with van der Waals surface area (Å²) in [5.74, 6) is -2.28. The molecule has 0 aromatic heterocycles. The topological polar surface area (TPSA) is 72.2 Å². The first-order chi connectivity index (χ1) is 7.86. The molecule has 17 heavy (non-hydrogen) atoms. The molecular formula is C10H14F2N2O2S. The van der Waals surface area contributed by atoms with Crippen LogP contribution in [0.15, 0.2) is 23.1 Å². The van der Waals surface area contributed by atoms with Crippen LogP contribution < -0.4 is 10.5 Å². The van der Waals surface area contributed by atoms with E-state index in [0.29, 0.717) is 19.0 Å². The average molecular weight is 264 g/mol. The largest absolute Gasteiger partial charge is 0.330 e. The second-order valence-corrected chi connectivity index (χ2v) is 5.39. The molecule has 1 aromatic carbocycles. The van der Waals surface area contributed by atoms with E-state index in [9.17, 15) is 17.2 Å². The van der Waals surface area contributed by atoms with Gasteiger partial charge in [0.15, 0.2) is 11.6 Å². The number of rotatable bonds is 5. The number of nitrogens with one attached hydrogen (secondary N) is 1. The van der Waals surface area contributed by atoms with Gasteiger partial charge in [0.1, 0.15) is 0 Å². The predicted molar refractivity (Wildman–Crippen MR) is 59.8 cm³/mol. The summed E-state index contributed by atoms with van der Waals surface area (Å²) in [6.07, 6.45) is 0.461. The van der Waals surface area contributed by atoms with Crippen molar-refractivity contribution in [3.05, 3.63) is 29.8 Å². The molecule has 0 bridgehead atoms. The Hall–Kier alpha value is -1.05. The maximum atomic E-state index is 12.9. The van der Waals surface area contributed by atoms with Crippen LogP contribution in [-0.4, -0.2) is 21.0 Å². The molecule has 7 heteroatoms. The minimum atomic E-state index is -3.83. The highest BCUT2D eigenvalue weighted by Crippen LogP contribution is 2.14. The van der Waals surface area contributed by atoms with Gasteiger partial charge in [-0.1, -0.05) is 0 Å². The third kappa shape index (κ3) is 3.72. The monoisotopic (exact) mass is 264 g/mol. The smallest absolute Gasteiger partial charge is 0.240 e. The molecule has 0 amide bonds. The van der Waals surface area contributed by atoms with Crippen LogP contribution in [0.1, 0.15) is 13.3 Å². The molecule has 1 aromatic rings. The van der Waals surface area contributed by atoms with Crippen molar-refractivity contribution in [1.82, 2.24) is 4.72 Å². The summed E-state index contributed by atoms with van der Waals surface area (Å²) in [6, 6.07) is 2.07. The van der Waals surface area contributed by atoms with E-state index in [1.807, 2.05) is 0 Å². The fourth-order valence-electron chi connectivity index (χ4n) is 1.29. The van der Waals surface area contributed by atoms with Gasteiger partial charge < -0.3 is 5.73 Å². The summed E-state index contributed by atoms with van der Waals surface area (Å²) in [5.41, 5.74) is 5.29. The molecule has 4 nitrogen and oxygen atoms in total. The van der Waals surface area contributed by atoms with Crippen molar-refractivity contribution < 1.29 is 17.2 Å². The van der Waals surface area contributed by atoms with Gasteiger partial charge in [-0.05, 0) is 38.1 Å². The zero-order chi connectivity index (χ0) is 13.1. The number of hydrogen-bond acceptors (Lipinski definition) is 3. The zero-order valence-corrected chi connectivity index (χ0v) is 10.1. The molecule has 1 atom stereocenters. The van der Waals surface area contributed by atoms with Gasteiger partial charge in [-0.25, -0.2) is 21.9 Å². The summed E-state index contributed by atoms with van der Waals surface area (Å²) in [7, 11) is -3.83. The molecule has 0 aliphatic rings. The van der Waals surface area contributed by atoms with Crippen molar-refractivity contribution in [3.8, 4) is 0 Å². The standard InChI is InChI=1S/C10H14F2N2O2S/c1-7(4-5-13)14-17(15,16)8-2-3-9(11)10(12)6-8/h2-3,6-7,14H,4-5,13H2,1H3. The van der Waals surface area contributed by atoms with E-state index in [-0.39, 0.29) is 10.9 Å². The van der Waals surface area contributed by atoms with Crippen LogP contribution >= 0.6 is 0 Å². The summed E-state index contributed by atoms with van der Waals surface area (Å²) >= 11 is 0. The fourth-order valence-corrected chi connectivity index (χ4v) is 2.58. The lowest BCUT2D eigenvalue weighted by Gasteiger charge is -2.13. The van der Waals surface area contributed by atoms with Gasteiger partial charge in [0.05, 0.1) is 4.90 Å². The Morgan fingerprint density at radius 1 is 1.35 bits per heavy atom. The first-order valence-corrected chi connectivity index (χ1v) is 6.52. The summed E-state index contributed by atoms with van der Waals surface area (Å²) < 4.78 is 51.4. The third-order valence-electron chi connectivity index (χ3n) is 2.16. The van der Waals surface area contributed by atoms with Crippen LogP contribution in [-0.2, 0) is 10.0 Å². The molecule has 0 aliphatic carbocycles. The van der Waals surface area contributed by atoms with E-state index in [1.54, 1.807) is 6.92 Å². The van der Waals surface area contributed by atoms with Gasteiger partial charge in [-0.15, -0.1) is 0 Å². The maximum absolute atomic E-state index is 12.9. The van der Waals surface area contributed by atoms with Crippen molar-refractivity contribution in [3.63, 3.8) is 0 Å². The van der Waals surface area contributed by atoms with E-state index in [0.717, 1.165) is 12.1 Å². The molecule has 0 heterocycles. The van der Waals surface area contributed by atoms with Crippen LogP contribution in [0.5, 0.6) is 0 Å². The fraction of sp³-hybridized carbons (Fsp3) is 0.400. The number of halogens is 2. The molecule has 0 fully saturated rings. The second-order valence-electron chi connectivity index (χ2n) is 3.68. The normalized spacial score (nSPS) is 13.6. The van der Waals surface area contributed by atoms with Crippen molar-refractivity contribution in [2.24, 2.45) is 5.73 Å². The number of sulfonamides is 1. The lowest BCUT2D eigenvalue weighted by molar-refractivity contribution is 0.503. The van der Waals surface area contributed by atoms with Gasteiger partial charge in [0.2, 0.25) is 10.0 Å². The Kier molecular flexibility index (Phi) is 4.55. The van der Waals surface area contributed by atoms with E-state index in [1.165, 1.54) is 0 Å². The number of hydrogen-bond donors (Lipinski definition) is 2. The highest BCUT2D eigenvalue weighted by atomic mass is 32.2. The Morgan fingerprint density at radius 2 is 2.00 bits per heavy atom. The van der Waals surface area contributed by atoms with Crippen molar-refractivity contribution in [2.75, 3.05) is 6.54 Å². The highest BCUT2D eigenvalue weighted by Gasteiger charge is 2.18. The molecule has 1 rings (SSSR count). The van der Waals surface area contributed by atoms with Crippen LogP contribution in [0.4, 0.5) is 8.78 Å². The number of nitrogens with two attached hydrogens (primary N) is 1. The second kappa shape index (κ2) is 5.52. The highest BCUT2D eigenvalue weighted by molar-refractivity contribution is 7.89. The average Bonchev–Trinajstić information content (AvgIpc) is 2.21. The third-order valence-corrected chi connectivity index (χ3v) is 3.74. The van der Waals surface area contributed by atoms with Gasteiger partial charge in [0.25, 0.3) is 0 Å². The molecule has 0 saturated carbocycles. The molecule has 0 spiro atoms. The summed E-state index contributed by atoms with van der Waals surface area (Å²) in [5, 5.41) is 0. The molecule has 0 saturated heterocycles. The molecule has 0 radical (unpaired) electrons. The minimum Gasteiger partial charge on any atom is -0.330 e. The van der Waals surface area contributed by atoms with Crippen molar-refractivity contribution >= 4 is 10.0 Å². The Balaban J connectivity index is 2.93. The van der Waals surface area contributed by atoms with Gasteiger partial charge in [-0.2, -0.15) is 0 Å². The summed E-state index contributed by atoms with van der Waals surface area (Å²) in [4.78, 5) is -0.305. The quantitative estimate of drug-likeness (QED) is 0.832. The number of benzene rings is 1. The summed E-state index contributed by atoms with van der Waals surface area (Å²) in [6.45, 7) is 1.98. The SMILES string of the molecule is CC(CCN)NS(=O)(=O)c1ccc(F)c(F)c1. The first kappa shape index (κ1) is 14.0. The van der Waals surface area contributed by atoms with E-state index in [2.05, 4.69) is 4.72 Å². The van der Waals surface area contributed by atoms with Gasteiger partial charge >= 0.3 is 0 Å².